The van der Waals surface area contributed by atoms with Gasteiger partial charge in [0.2, 0.25) is 0 Å². The molecule has 1 aromatic carbocycles. The Bertz CT molecular complexity index is 395. The second-order valence-electron chi connectivity index (χ2n) is 5.48. The van der Waals surface area contributed by atoms with Gasteiger partial charge in [0.15, 0.2) is 0 Å². The molecule has 0 aliphatic heterocycles. The van der Waals surface area contributed by atoms with E-state index < -0.39 is 0 Å². The average molecular weight is 227 g/mol. The van der Waals surface area contributed by atoms with Gasteiger partial charge in [0, 0.05) is 0 Å². The third kappa shape index (κ3) is 1.97. The first-order valence-electron chi connectivity index (χ1n) is 6.68. The predicted octanol–water partition coefficient (Wildman–Crippen LogP) is 4.29. The van der Waals surface area contributed by atoms with Crippen LogP contribution in [0.3, 0.4) is 0 Å². The van der Waals surface area contributed by atoms with Gasteiger partial charge in [-0.1, -0.05) is 57.0 Å². The summed E-state index contributed by atoms with van der Waals surface area (Å²) < 4.78 is 0. The summed E-state index contributed by atoms with van der Waals surface area (Å²) in [5, 5.41) is 9.81. The molecule has 1 aromatic rings. The van der Waals surface area contributed by atoms with Gasteiger partial charge < -0.3 is 0 Å². The largest absolute Gasteiger partial charge is 0.197 e. The fraction of sp³-hybridized carbons (Fsp3) is 0.562. The number of rotatable bonds is 3. The maximum atomic E-state index is 9.81. The Morgan fingerprint density at radius 2 is 1.76 bits per heavy atom. The van der Waals surface area contributed by atoms with Crippen LogP contribution in [0.25, 0.3) is 0 Å². The van der Waals surface area contributed by atoms with Crippen molar-refractivity contribution < 1.29 is 0 Å². The number of nitriles is 1. The van der Waals surface area contributed by atoms with Gasteiger partial charge in [0.25, 0.3) is 0 Å². The first-order chi connectivity index (χ1) is 8.21. The van der Waals surface area contributed by atoms with Gasteiger partial charge in [-0.05, 0) is 30.2 Å². The zero-order valence-corrected chi connectivity index (χ0v) is 10.8. The van der Waals surface area contributed by atoms with Crippen LogP contribution in [-0.4, -0.2) is 0 Å². The maximum Gasteiger partial charge on any atom is 0.0873 e. The van der Waals surface area contributed by atoms with Crippen LogP contribution in [0.5, 0.6) is 0 Å². The smallest absolute Gasteiger partial charge is 0.0873 e. The van der Waals surface area contributed by atoms with Crippen molar-refractivity contribution >= 4 is 0 Å². The first-order valence-corrected chi connectivity index (χ1v) is 6.68. The zero-order chi connectivity index (χ0) is 12.3. The van der Waals surface area contributed by atoms with Crippen molar-refractivity contribution in [3.05, 3.63) is 35.9 Å². The van der Waals surface area contributed by atoms with Gasteiger partial charge in [-0.15, -0.1) is 0 Å². The number of hydrogen-bond acceptors (Lipinski definition) is 1. The third-order valence-electron chi connectivity index (χ3n) is 4.35. The summed E-state index contributed by atoms with van der Waals surface area (Å²) in [7, 11) is 0. The quantitative estimate of drug-likeness (QED) is 0.755. The number of nitrogens with zero attached hydrogens (tertiary/aromatic N) is 1. The number of benzene rings is 1. The molecule has 17 heavy (non-hydrogen) atoms. The van der Waals surface area contributed by atoms with Crippen LogP contribution in [0.15, 0.2) is 30.3 Å². The second-order valence-corrected chi connectivity index (χ2v) is 5.48. The Hall–Kier alpha value is -1.29. The van der Waals surface area contributed by atoms with Crippen LogP contribution in [0, 0.1) is 23.2 Å². The van der Waals surface area contributed by atoms with Crippen molar-refractivity contribution in [2.24, 2.45) is 11.8 Å². The van der Waals surface area contributed by atoms with E-state index in [0.29, 0.717) is 11.8 Å². The molecule has 0 aromatic heterocycles. The van der Waals surface area contributed by atoms with Crippen molar-refractivity contribution in [2.75, 3.05) is 0 Å². The molecule has 1 aliphatic rings. The SMILES string of the molecule is CC(C)C(C#N)(c1ccccc1)C1CCCC1. The van der Waals surface area contributed by atoms with Crippen molar-refractivity contribution in [1.29, 1.82) is 5.26 Å². The zero-order valence-electron chi connectivity index (χ0n) is 10.8. The lowest BCUT2D eigenvalue weighted by Gasteiger charge is -2.37. The lowest BCUT2D eigenvalue weighted by atomic mass is 9.64. The molecule has 1 unspecified atom stereocenters. The highest BCUT2D eigenvalue weighted by Crippen LogP contribution is 2.46. The van der Waals surface area contributed by atoms with Gasteiger partial charge >= 0.3 is 0 Å². The van der Waals surface area contributed by atoms with E-state index in [0.717, 1.165) is 0 Å². The molecule has 1 aliphatic carbocycles. The Morgan fingerprint density at radius 3 is 2.24 bits per heavy atom. The first kappa shape index (κ1) is 12.2. The van der Waals surface area contributed by atoms with E-state index in [2.05, 4.69) is 44.2 Å². The molecule has 1 nitrogen and oxygen atoms in total. The van der Waals surface area contributed by atoms with E-state index in [4.69, 9.17) is 0 Å². The molecule has 1 heteroatoms. The van der Waals surface area contributed by atoms with Crippen LogP contribution in [-0.2, 0) is 5.41 Å². The van der Waals surface area contributed by atoms with Crippen molar-refractivity contribution in [3.8, 4) is 6.07 Å². The molecule has 1 fully saturated rings. The minimum atomic E-state index is -0.280. The maximum absolute atomic E-state index is 9.81. The van der Waals surface area contributed by atoms with E-state index in [1.807, 2.05) is 6.07 Å². The summed E-state index contributed by atoms with van der Waals surface area (Å²) in [5.41, 5.74) is 0.932. The monoisotopic (exact) mass is 227 g/mol. The molecule has 0 bridgehead atoms. The molecule has 0 amide bonds. The van der Waals surface area contributed by atoms with Crippen molar-refractivity contribution in [2.45, 2.75) is 44.9 Å². The highest BCUT2D eigenvalue weighted by Gasteiger charge is 2.44. The van der Waals surface area contributed by atoms with Gasteiger partial charge in [-0.2, -0.15) is 5.26 Å². The highest BCUT2D eigenvalue weighted by atomic mass is 14.5. The summed E-state index contributed by atoms with van der Waals surface area (Å²) >= 11 is 0. The molecule has 2 rings (SSSR count). The van der Waals surface area contributed by atoms with Gasteiger partial charge in [-0.25, -0.2) is 0 Å². The Morgan fingerprint density at radius 1 is 1.18 bits per heavy atom. The average Bonchev–Trinajstić information content (AvgIpc) is 2.86. The van der Waals surface area contributed by atoms with Crippen LogP contribution in [0.2, 0.25) is 0 Å². The lowest BCUT2D eigenvalue weighted by Crippen LogP contribution is -2.37. The van der Waals surface area contributed by atoms with E-state index in [1.165, 1.54) is 31.2 Å². The van der Waals surface area contributed by atoms with Crippen LogP contribution >= 0.6 is 0 Å². The summed E-state index contributed by atoms with van der Waals surface area (Å²) in [4.78, 5) is 0. The molecule has 1 saturated carbocycles. The van der Waals surface area contributed by atoms with E-state index in [-0.39, 0.29) is 5.41 Å². The van der Waals surface area contributed by atoms with E-state index in [1.54, 1.807) is 0 Å². The minimum Gasteiger partial charge on any atom is -0.197 e. The van der Waals surface area contributed by atoms with Gasteiger partial charge in [0.1, 0.15) is 0 Å². The number of hydrogen-bond donors (Lipinski definition) is 0. The van der Waals surface area contributed by atoms with Crippen LogP contribution < -0.4 is 0 Å². The predicted molar refractivity (Wildman–Crippen MR) is 70.5 cm³/mol. The molecule has 90 valence electrons. The Balaban J connectivity index is 2.46. The second kappa shape index (κ2) is 4.92. The Kier molecular flexibility index (Phi) is 3.52. The lowest BCUT2D eigenvalue weighted by molar-refractivity contribution is 0.263. The molecule has 0 radical (unpaired) electrons. The molecule has 0 spiro atoms. The molecular weight excluding hydrogens is 206 g/mol. The van der Waals surface area contributed by atoms with Crippen molar-refractivity contribution in [3.63, 3.8) is 0 Å². The fourth-order valence-electron chi connectivity index (χ4n) is 3.42. The van der Waals surface area contributed by atoms with Crippen molar-refractivity contribution in [1.82, 2.24) is 0 Å². The van der Waals surface area contributed by atoms with Gasteiger partial charge in [0.05, 0.1) is 11.5 Å². The summed E-state index contributed by atoms with van der Waals surface area (Å²) in [6, 6.07) is 13.1. The summed E-state index contributed by atoms with van der Waals surface area (Å²) in [6.45, 7) is 4.38. The van der Waals surface area contributed by atoms with Gasteiger partial charge in [-0.3, -0.25) is 0 Å². The molecule has 0 heterocycles. The van der Waals surface area contributed by atoms with E-state index >= 15 is 0 Å². The normalized spacial score (nSPS) is 20.1. The standard InChI is InChI=1S/C16H21N/c1-13(2)16(12-17,15-10-6-7-11-15)14-8-4-3-5-9-14/h3-5,8-9,13,15H,6-7,10-11H2,1-2H3. The molecule has 0 saturated heterocycles. The molecular formula is C16H21N. The summed E-state index contributed by atoms with van der Waals surface area (Å²) in [5.74, 6) is 0.910. The minimum absolute atomic E-state index is 0.280. The van der Waals surface area contributed by atoms with Crippen LogP contribution in [0.1, 0.15) is 45.1 Å². The Labute approximate surface area is 104 Å². The summed E-state index contributed by atoms with van der Waals surface area (Å²) in [6.07, 6.45) is 4.99. The third-order valence-corrected chi connectivity index (χ3v) is 4.35. The van der Waals surface area contributed by atoms with Crippen LogP contribution in [0.4, 0.5) is 0 Å². The van der Waals surface area contributed by atoms with E-state index in [9.17, 15) is 5.26 Å². The molecule has 1 atom stereocenters. The topological polar surface area (TPSA) is 23.8 Å². The molecule has 0 N–H and O–H groups in total. The highest BCUT2D eigenvalue weighted by molar-refractivity contribution is 5.35. The fourth-order valence-corrected chi connectivity index (χ4v) is 3.42.